The topological polar surface area (TPSA) is 12.5 Å². The predicted molar refractivity (Wildman–Crippen MR) is 249 cm³/mol. The van der Waals surface area contributed by atoms with Crippen molar-refractivity contribution < 1.29 is 4.74 Å². The van der Waals surface area contributed by atoms with Crippen LogP contribution < -0.4 is 9.64 Å². The van der Waals surface area contributed by atoms with Gasteiger partial charge in [0.05, 0.1) is 22.5 Å². The maximum Gasteiger partial charge on any atom is 0.140 e. The Morgan fingerprint density at radius 3 is 1.48 bits per heavy atom. The van der Waals surface area contributed by atoms with Crippen LogP contribution in [-0.2, 0) is 5.41 Å². The summed E-state index contributed by atoms with van der Waals surface area (Å²) in [4.78, 5) is 4.99. The zero-order chi connectivity index (χ0) is 39.4. The van der Waals surface area contributed by atoms with Crippen LogP contribution in [0, 0.1) is 0 Å². The Labute approximate surface area is 353 Å². The Morgan fingerprint density at radius 1 is 0.367 bits per heavy atom. The summed E-state index contributed by atoms with van der Waals surface area (Å²) in [6.45, 7) is 0. The normalized spacial score (nSPS) is 13.8. The van der Waals surface area contributed by atoms with Gasteiger partial charge in [-0.3, -0.25) is 0 Å². The van der Waals surface area contributed by atoms with E-state index in [1.54, 1.807) is 0 Å². The van der Waals surface area contributed by atoms with Gasteiger partial charge in [-0.15, -0.1) is 0 Å². The number of ether oxygens (including phenoxy) is 1. The zero-order valence-electron chi connectivity index (χ0n) is 32.5. The van der Waals surface area contributed by atoms with E-state index in [0.717, 1.165) is 28.0 Å². The minimum absolute atomic E-state index is 0.635. The number of benzene rings is 10. The lowest BCUT2D eigenvalue weighted by Gasteiger charge is -2.40. The summed E-state index contributed by atoms with van der Waals surface area (Å²) in [6, 6.07) is 78.0. The van der Waals surface area contributed by atoms with Gasteiger partial charge in [-0.2, -0.15) is 0 Å². The number of hydrogen-bond donors (Lipinski definition) is 0. The third-order valence-corrected chi connectivity index (χ3v) is 14.0. The molecule has 0 bridgehead atoms. The molecule has 10 aromatic carbocycles. The van der Waals surface area contributed by atoms with Gasteiger partial charge in [-0.1, -0.05) is 194 Å². The Hall–Kier alpha value is -7.33. The van der Waals surface area contributed by atoms with Gasteiger partial charge in [0.2, 0.25) is 0 Å². The molecule has 280 valence electrons. The molecule has 2 nitrogen and oxygen atoms in total. The summed E-state index contributed by atoms with van der Waals surface area (Å²) >= 11 is 1.86. The molecule has 3 heteroatoms. The van der Waals surface area contributed by atoms with E-state index in [1.165, 1.54) is 87.6 Å². The fourth-order valence-electron chi connectivity index (χ4n) is 10.3. The minimum atomic E-state index is -0.635. The lowest BCUT2D eigenvalue weighted by Crippen LogP contribution is -2.32. The third-order valence-electron chi connectivity index (χ3n) is 12.9. The molecule has 1 aliphatic carbocycles. The van der Waals surface area contributed by atoms with Crippen molar-refractivity contribution in [2.75, 3.05) is 4.90 Å². The molecule has 10 aromatic rings. The molecule has 2 aliphatic heterocycles. The van der Waals surface area contributed by atoms with Crippen LogP contribution in [0.3, 0.4) is 0 Å². The summed E-state index contributed by atoms with van der Waals surface area (Å²) in [5.41, 5.74) is 15.1. The largest absolute Gasteiger partial charge is 0.455 e. The van der Waals surface area contributed by atoms with Crippen molar-refractivity contribution in [1.29, 1.82) is 0 Å². The molecule has 0 radical (unpaired) electrons. The molecule has 0 aromatic heterocycles. The fraction of sp³-hybridized carbons (Fsp3) is 0.0175. The second-order valence-electron chi connectivity index (χ2n) is 16.0. The Morgan fingerprint density at radius 2 is 0.883 bits per heavy atom. The van der Waals surface area contributed by atoms with Gasteiger partial charge in [-0.25, -0.2) is 0 Å². The smallest absolute Gasteiger partial charge is 0.140 e. The average Bonchev–Trinajstić information content (AvgIpc) is 3.61. The average molecular weight is 782 g/mol. The molecule has 2 heterocycles. The van der Waals surface area contributed by atoms with Gasteiger partial charge in [0.1, 0.15) is 11.5 Å². The van der Waals surface area contributed by atoms with Crippen molar-refractivity contribution in [1.82, 2.24) is 0 Å². The van der Waals surface area contributed by atoms with Crippen molar-refractivity contribution in [3.8, 4) is 44.9 Å². The van der Waals surface area contributed by atoms with Gasteiger partial charge in [0.25, 0.3) is 0 Å². The molecular weight excluding hydrogens is 747 g/mol. The second-order valence-corrected chi connectivity index (χ2v) is 17.0. The van der Waals surface area contributed by atoms with E-state index in [2.05, 4.69) is 217 Å². The number of anilines is 3. The Kier molecular flexibility index (Phi) is 7.19. The van der Waals surface area contributed by atoms with Crippen LogP contribution in [0.2, 0.25) is 0 Å². The van der Waals surface area contributed by atoms with Crippen molar-refractivity contribution in [3.63, 3.8) is 0 Å². The second kappa shape index (κ2) is 12.8. The first kappa shape index (κ1) is 33.6. The highest BCUT2D eigenvalue weighted by atomic mass is 32.2. The molecule has 0 fully saturated rings. The predicted octanol–water partition coefficient (Wildman–Crippen LogP) is 15.7. The molecule has 0 saturated carbocycles. The van der Waals surface area contributed by atoms with Crippen LogP contribution in [0.4, 0.5) is 17.1 Å². The van der Waals surface area contributed by atoms with Crippen molar-refractivity contribution in [3.05, 3.63) is 235 Å². The number of fused-ring (bicyclic) bond motifs is 15. The van der Waals surface area contributed by atoms with Gasteiger partial charge in [0, 0.05) is 37.3 Å². The van der Waals surface area contributed by atoms with Gasteiger partial charge < -0.3 is 9.64 Å². The van der Waals surface area contributed by atoms with E-state index in [1.807, 2.05) is 11.8 Å². The van der Waals surface area contributed by atoms with Crippen LogP contribution in [-0.4, -0.2) is 0 Å². The first-order chi connectivity index (χ1) is 29.8. The lowest BCUT2D eigenvalue weighted by molar-refractivity contribution is 0.447. The van der Waals surface area contributed by atoms with E-state index in [0.29, 0.717) is 0 Å². The lowest BCUT2D eigenvalue weighted by atomic mass is 9.65. The summed E-state index contributed by atoms with van der Waals surface area (Å²) in [6.07, 6.45) is 0. The van der Waals surface area contributed by atoms with Crippen LogP contribution in [0.15, 0.2) is 222 Å². The quantitative estimate of drug-likeness (QED) is 0.177. The fourth-order valence-corrected chi connectivity index (χ4v) is 11.4. The molecular formula is C57H35NOS. The van der Waals surface area contributed by atoms with Crippen LogP contribution in [0.25, 0.3) is 54.9 Å². The van der Waals surface area contributed by atoms with Gasteiger partial charge in [-0.05, 0) is 80.0 Å². The molecule has 3 aliphatic rings. The molecule has 1 spiro atoms. The highest BCUT2D eigenvalue weighted by Crippen LogP contribution is 2.66. The Bertz CT molecular complexity index is 3220. The number of rotatable bonds is 3. The molecule has 0 atom stereocenters. The molecule has 0 unspecified atom stereocenters. The summed E-state index contributed by atoms with van der Waals surface area (Å²) < 4.78 is 7.24. The number of nitrogens with zero attached hydrogens (tertiary/aromatic N) is 1. The minimum Gasteiger partial charge on any atom is -0.455 e. The Balaban J connectivity index is 1.11. The van der Waals surface area contributed by atoms with Crippen LogP contribution in [0.5, 0.6) is 11.5 Å². The molecule has 0 N–H and O–H groups in total. The van der Waals surface area contributed by atoms with E-state index in [4.69, 9.17) is 4.74 Å². The summed E-state index contributed by atoms with van der Waals surface area (Å²) in [5, 5.41) is 4.57. The monoisotopic (exact) mass is 781 g/mol. The molecule has 60 heavy (non-hydrogen) atoms. The third kappa shape index (κ3) is 4.67. The summed E-state index contributed by atoms with van der Waals surface area (Å²) in [5.74, 6) is 1.86. The van der Waals surface area contributed by atoms with Crippen LogP contribution >= 0.6 is 11.8 Å². The molecule has 0 amide bonds. The van der Waals surface area contributed by atoms with E-state index < -0.39 is 5.41 Å². The van der Waals surface area contributed by atoms with E-state index in [-0.39, 0.29) is 0 Å². The van der Waals surface area contributed by atoms with Crippen molar-refractivity contribution in [2.24, 2.45) is 0 Å². The highest BCUT2D eigenvalue weighted by Gasteiger charge is 2.53. The van der Waals surface area contributed by atoms with Crippen molar-refractivity contribution in [2.45, 2.75) is 15.2 Å². The maximum absolute atomic E-state index is 7.24. The number of hydrogen-bond acceptors (Lipinski definition) is 3. The highest BCUT2D eigenvalue weighted by molar-refractivity contribution is 7.99. The zero-order valence-corrected chi connectivity index (χ0v) is 33.3. The SMILES string of the molecule is c1ccc(-c2ccc3c(c2)Sc2cc(-c4ccccc4)ccc2N3c2cccc3c2-c2ccccc2C32c3ccc4ccccc4c3Oc3c2ccc2ccccc32)cc1. The maximum atomic E-state index is 7.24. The first-order valence-corrected chi connectivity index (χ1v) is 21.4. The van der Waals surface area contributed by atoms with Crippen molar-refractivity contribution >= 4 is 50.4 Å². The van der Waals surface area contributed by atoms with Crippen LogP contribution in [0.1, 0.15) is 22.3 Å². The summed E-state index contributed by atoms with van der Waals surface area (Å²) in [7, 11) is 0. The first-order valence-electron chi connectivity index (χ1n) is 20.6. The van der Waals surface area contributed by atoms with Gasteiger partial charge >= 0.3 is 0 Å². The standard InChI is InChI=1S/C57H35NOS/c1-3-14-36(15-4-1)40-28-32-49-52(34-40)60-53-35-41(37-16-5-2-6-17-37)29-33-50(53)58(49)51-25-13-24-46-54(51)44-22-11-12-23-45(44)57(46)47-30-26-38-18-7-9-20-42(38)55(47)59-56-43-21-10-8-19-39(43)27-31-48(56)57/h1-35H. The van der Waals surface area contributed by atoms with E-state index in [9.17, 15) is 0 Å². The van der Waals surface area contributed by atoms with E-state index >= 15 is 0 Å². The van der Waals surface area contributed by atoms with Gasteiger partial charge in [0.15, 0.2) is 0 Å². The molecule has 13 rings (SSSR count). The molecule has 0 saturated heterocycles.